The number of hydrogen-bond donors (Lipinski definition) is 1. The second-order valence-corrected chi connectivity index (χ2v) is 7.94. The van der Waals surface area contributed by atoms with E-state index in [0.717, 1.165) is 16.7 Å². The lowest BCUT2D eigenvalue weighted by molar-refractivity contribution is -0.384. The number of aliphatic carboxylic acids is 1. The van der Waals surface area contributed by atoms with Gasteiger partial charge in [-0.1, -0.05) is 30.0 Å². The zero-order valence-corrected chi connectivity index (χ0v) is 18.0. The molecular weight excluding hydrogens is 460 g/mol. The van der Waals surface area contributed by atoms with E-state index >= 15 is 0 Å². The van der Waals surface area contributed by atoms with Crippen LogP contribution in [0.4, 0.5) is 5.69 Å². The number of esters is 1. The number of nitro groups is 1. The number of carboxylic acid groups (broad SMARTS) is 1. The van der Waals surface area contributed by atoms with E-state index < -0.39 is 29.3 Å². The molecule has 0 aromatic heterocycles. The van der Waals surface area contributed by atoms with E-state index in [1.807, 2.05) is 0 Å². The molecule has 1 fully saturated rings. The number of ether oxygens (including phenoxy) is 2. The number of hydrogen-bond acceptors (Lipinski definition) is 9. The van der Waals surface area contributed by atoms with E-state index in [2.05, 4.69) is 0 Å². The molecule has 0 unspecified atom stereocenters. The third-order valence-corrected chi connectivity index (χ3v) is 5.55. The second kappa shape index (κ2) is 9.58. The van der Waals surface area contributed by atoms with Gasteiger partial charge in [0.2, 0.25) is 0 Å². The number of benzene rings is 2. The molecule has 10 nitrogen and oxygen atoms in total. The molecule has 0 bridgehead atoms. The Balaban J connectivity index is 1.79. The monoisotopic (exact) mass is 474 g/mol. The molecule has 164 valence electrons. The number of carbonyl (C=O) groups is 3. The average molecular weight is 474 g/mol. The fraction of sp³-hybridized carbons (Fsp3) is 0.100. The minimum absolute atomic E-state index is 0.103. The maximum absolute atomic E-state index is 12.4. The van der Waals surface area contributed by atoms with Crippen LogP contribution in [0.15, 0.2) is 47.4 Å². The van der Waals surface area contributed by atoms with E-state index in [4.69, 9.17) is 26.8 Å². The summed E-state index contributed by atoms with van der Waals surface area (Å²) in [4.78, 5) is 47.0. The molecule has 0 radical (unpaired) electrons. The standard InChI is InChI=1S/C20H14N2O8S2/c1-29-15-8-11(9-16-18(25)21(10-17(23)24)20(31)32-16)2-7-14(15)30-19(26)12-3-5-13(6-4-12)22(27)28/h2-9H,10H2,1H3,(H,23,24)/b16-9-. The SMILES string of the molecule is COc1cc(/C=C2\SC(=S)N(CC(=O)O)C2=O)ccc1OC(=O)c1ccc([N+](=O)[O-])cc1. The Morgan fingerprint density at radius 2 is 1.91 bits per heavy atom. The molecule has 1 N–H and O–H groups in total. The molecule has 0 atom stereocenters. The van der Waals surface area contributed by atoms with Crippen LogP contribution in [0.25, 0.3) is 6.08 Å². The van der Waals surface area contributed by atoms with Crippen molar-refractivity contribution in [1.82, 2.24) is 4.90 Å². The molecule has 2 aromatic carbocycles. The van der Waals surface area contributed by atoms with Gasteiger partial charge in [-0.2, -0.15) is 0 Å². The summed E-state index contributed by atoms with van der Waals surface area (Å²) < 4.78 is 10.7. The largest absolute Gasteiger partial charge is 0.493 e. The molecule has 12 heteroatoms. The minimum Gasteiger partial charge on any atom is -0.493 e. The molecule has 0 spiro atoms. The molecule has 2 aromatic rings. The molecule has 1 aliphatic rings. The first-order chi connectivity index (χ1) is 15.2. The zero-order chi connectivity index (χ0) is 23.4. The van der Waals surface area contributed by atoms with Crippen LogP contribution in [-0.2, 0) is 9.59 Å². The van der Waals surface area contributed by atoms with Gasteiger partial charge in [0, 0.05) is 12.1 Å². The highest BCUT2D eigenvalue weighted by Gasteiger charge is 2.33. The van der Waals surface area contributed by atoms with Gasteiger partial charge < -0.3 is 14.6 Å². The van der Waals surface area contributed by atoms with E-state index in [9.17, 15) is 24.5 Å². The van der Waals surface area contributed by atoms with Gasteiger partial charge in [-0.05, 0) is 35.9 Å². The van der Waals surface area contributed by atoms with Gasteiger partial charge in [0.05, 0.1) is 22.5 Å². The normalized spacial score (nSPS) is 14.5. The van der Waals surface area contributed by atoms with Crippen LogP contribution < -0.4 is 9.47 Å². The summed E-state index contributed by atoms with van der Waals surface area (Å²) in [5.41, 5.74) is 0.494. The fourth-order valence-corrected chi connectivity index (χ4v) is 3.91. The van der Waals surface area contributed by atoms with Crippen molar-refractivity contribution in [2.45, 2.75) is 0 Å². The summed E-state index contributed by atoms with van der Waals surface area (Å²) in [6.45, 7) is -0.525. The van der Waals surface area contributed by atoms with Crippen molar-refractivity contribution >= 4 is 57.9 Å². The second-order valence-electron chi connectivity index (χ2n) is 6.27. The smallest absolute Gasteiger partial charge is 0.343 e. The lowest BCUT2D eigenvalue weighted by atomic mass is 10.1. The first-order valence-corrected chi connectivity index (χ1v) is 10.0. The molecule has 0 aliphatic carbocycles. The van der Waals surface area contributed by atoms with Gasteiger partial charge in [0.15, 0.2) is 11.5 Å². The summed E-state index contributed by atoms with van der Waals surface area (Å²) in [5, 5.41) is 19.6. The van der Waals surface area contributed by atoms with E-state index in [0.29, 0.717) is 5.56 Å². The Morgan fingerprint density at radius 3 is 2.50 bits per heavy atom. The summed E-state index contributed by atoms with van der Waals surface area (Å²) in [5.74, 6) is -2.12. The molecule has 1 heterocycles. The number of nitrogens with zero attached hydrogens (tertiary/aromatic N) is 2. The number of amides is 1. The summed E-state index contributed by atoms with van der Waals surface area (Å²) in [7, 11) is 1.37. The number of carbonyl (C=O) groups excluding carboxylic acids is 2. The Bertz CT molecular complexity index is 1160. The summed E-state index contributed by atoms with van der Waals surface area (Å²) in [6, 6.07) is 9.51. The van der Waals surface area contributed by atoms with Crippen molar-refractivity contribution in [3.05, 3.63) is 68.6 Å². The molecule has 3 rings (SSSR count). The van der Waals surface area contributed by atoms with Crippen LogP contribution >= 0.6 is 24.0 Å². The topological polar surface area (TPSA) is 136 Å². The molecule has 32 heavy (non-hydrogen) atoms. The number of non-ortho nitro benzene ring substituents is 1. The number of nitro benzene ring substituents is 1. The first-order valence-electron chi connectivity index (χ1n) is 8.81. The van der Waals surface area contributed by atoms with Crippen molar-refractivity contribution in [2.24, 2.45) is 0 Å². The number of thioether (sulfide) groups is 1. The van der Waals surface area contributed by atoms with Crippen LogP contribution in [0.3, 0.4) is 0 Å². The molecular formula is C20H14N2O8S2. The van der Waals surface area contributed by atoms with Gasteiger partial charge in [-0.15, -0.1) is 0 Å². The number of thiocarbonyl (C=S) groups is 1. The highest BCUT2D eigenvalue weighted by atomic mass is 32.2. The molecule has 1 aliphatic heterocycles. The number of rotatable bonds is 7. The Morgan fingerprint density at radius 1 is 1.22 bits per heavy atom. The average Bonchev–Trinajstić information content (AvgIpc) is 3.01. The van der Waals surface area contributed by atoms with Crippen LogP contribution in [0.2, 0.25) is 0 Å². The van der Waals surface area contributed by atoms with Crippen LogP contribution in [0.1, 0.15) is 15.9 Å². The first kappa shape index (κ1) is 22.9. The van der Waals surface area contributed by atoms with Crippen molar-refractivity contribution in [1.29, 1.82) is 0 Å². The third-order valence-electron chi connectivity index (χ3n) is 4.17. The Hall–Kier alpha value is -3.77. The molecule has 1 saturated heterocycles. The lowest BCUT2D eigenvalue weighted by Crippen LogP contribution is -2.33. The van der Waals surface area contributed by atoms with Crippen molar-refractivity contribution in [3.63, 3.8) is 0 Å². The van der Waals surface area contributed by atoms with Crippen LogP contribution in [-0.4, -0.2) is 50.8 Å². The minimum atomic E-state index is -1.18. The van der Waals surface area contributed by atoms with Crippen LogP contribution in [0, 0.1) is 10.1 Å². The van der Waals surface area contributed by atoms with Gasteiger partial charge in [0.25, 0.3) is 11.6 Å². The maximum atomic E-state index is 12.4. The maximum Gasteiger partial charge on any atom is 0.343 e. The lowest BCUT2D eigenvalue weighted by Gasteiger charge is -2.11. The van der Waals surface area contributed by atoms with Gasteiger partial charge in [-0.25, -0.2) is 4.79 Å². The number of methoxy groups -OCH3 is 1. The number of carboxylic acids is 1. The third kappa shape index (κ3) is 5.10. The van der Waals surface area contributed by atoms with Gasteiger partial charge >= 0.3 is 11.9 Å². The summed E-state index contributed by atoms with van der Waals surface area (Å²) in [6.07, 6.45) is 1.52. The predicted molar refractivity (Wildman–Crippen MR) is 119 cm³/mol. The summed E-state index contributed by atoms with van der Waals surface area (Å²) >= 11 is 6.04. The van der Waals surface area contributed by atoms with E-state index in [1.54, 1.807) is 6.07 Å². The van der Waals surface area contributed by atoms with Gasteiger partial charge in [-0.3, -0.25) is 24.6 Å². The fourth-order valence-electron chi connectivity index (χ4n) is 2.66. The van der Waals surface area contributed by atoms with Crippen LogP contribution in [0.5, 0.6) is 11.5 Å². The molecule has 0 saturated carbocycles. The quantitative estimate of drug-likeness (QED) is 0.159. The van der Waals surface area contributed by atoms with Crippen molar-refractivity contribution < 1.29 is 33.9 Å². The van der Waals surface area contributed by atoms with E-state index in [1.165, 1.54) is 49.6 Å². The van der Waals surface area contributed by atoms with Crippen molar-refractivity contribution in [3.8, 4) is 11.5 Å². The highest BCUT2D eigenvalue weighted by molar-refractivity contribution is 8.26. The van der Waals surface area contributed by atoms with Crippen molar-refractivity contribution in [2.75, 3.05) is 13.7 Å². The van der Waals surface area contributed by atoms with Gasteiger partial charge in [0.1, 0.15) is 10.9 Å². The predicted octanol–water partition coefficient (Wildman–Crippen LogP) is 3.11. The Kier molecular flexibility index (Phi) is 6.85. The Labute approximate surface area is 190 Å². The van der Waals surface area contributed by atoms with E-state index in [-0.39, 0.29) is 32.0 Å². The highest BCUT2D eigenvalue weighted by Crippen LogP contribution is 2.35. The molecule has 1 amide bonds. The zero-order valence-electron chi connectivity index (χ0n) is 16.3.